The molecule has 17 heavy (non-hydrogen) atoms. The van der Waals surface area contributed by atoms with Crippen molar-refractivity contribution >= 4 is 5.91 Å². The fourth-order valence-electron chi connectivity index (χ4n) is 1.70. The first-order valence-electron chi connectivity index (χ1n) is 5.87. The fraction of sp³-hybridized carbons (Fsp3) is 0.667. The molecule has 0 aliphatic heterocycles. The summed E-state index contributed by atoms with van der Waals surface area (Å²) in [5, 5.41) is 9.63. The van der Waals surface area contributed by atoms with Gasteiger partial charge in [-0.1, -0.05) is 20.8 Å². The third-order valence-electron chi connectivity index (χ3n) is 2.88. The minimum atomic E-state index is -0.0929. The van der Waals surface area contributed by atoms with Gasteiger partial charge in [-0.15, -0.1) is 0 Å². The first kappa shape index (κ1) is 13.7. The predicted molar refractivity (Wildman–Crippen MR) is 67.7 cm³/mol. The van der Waals surface area contributed by atoms with E-state index >= 15 is 0 Å². The number of H-pyrrole nitrogens is 1. The van der Waals surface area contributed by atoms with Crippen molar-refractivity contribution in [2.24, 2.45) is 11.1 Å². The number of amides is 1. The number of nitrogens with one attached hydrogen (secondary N) is 2. The average molecular weight is 238 g/mol. The number of rotatable bonds is 4. The normalized spacial score (nSPS) is 13.5. The zero-order chi connectivity index (χ0) is 13.1. The van der Waals surface area contributed by atoms with Gasteiger partial charge in [0.15, 0.2) is 0 Å². The number of hydrogen-bond donors (Lipinski definition) is 3. The predicted octanol–water partition coefficient (Wildman–Crippen LogP) is 1.21. The van der Waals surface area contributed by atoms with Crippen LogP contribution in [0.25, 0.3) is 0 Å². The van der Waals surface area contributed by atoms with Crippen molar-refractivity contribution in [1.82, 2.24) is 15.5 Å². The quantitative estimate of drug-likeness (QED) is 0.737. The standard InChI is InChI=1S/C12H22N4O/c1-8-9(7-14-16-8)11(17)15-10(5-6-13)12(2,3)4/h7,10H,5-6,13H2,1-4H3,(H,14,16)(H,15,17). The molecule has 0 aliphatic carbocycles. The Hall–Kier alpha value is -1.36. The second-order valence-corrected chi connectivity index (χ2v) is 5.38. The van der Waals surface area contributed by atoms with E-state index in [-0.39, 0.29) is 17.4 Å². The largest absolute Gasteiger partial charge is 0.349 e. The van der Waals surface area contributed by atoms with Crippen molar-refractivity contribution in [2.45, 2.75) is 40.2 Å². The molecule has 1 heterocycles. The zero-order valence-corrected chi connectivity index (χ0v) is 11.0. The molecule has 0 saturated heterocycles. The summed E-state index contributed by atoms with van der Waals surface area (Å²) in [6.07, 6.45) is 2.32. The molecular weight excluding hydrogens is 216 g/mol. The summed E-state index contributed by atoms with van der Waals surface area (Å²) < 4.78 is 0. The highest BCUT2D eigenvalue weighted by Gasteiger charge is 2.26. The Morgan fingerprint density at radius 3 is 2.65 bits per heavy atom. The van der Waals surface area contributed by atoms with Gasteiger partial charge in [0, 0.05) is 11.7 Å². The number of aromatic nitrogens is 2. The van der Waals surface area contributed by atoms with E-state index in [1.807, 2.05) is 6.92 Å². The lowest BCUT2D eigenvalue weighted by Gasteiger charge is -2.31. The Bertz CT molecular complexity index is 378. The molecule has 0 fully saturated rings. The minimum Gasteiger partial charge on any atom is -0.349 e. The van der Waals surface area contributed by atoms with Crippen molar-refractivity contribution in [3.05, 3.63) is 17.5 Å². The second kappa shape index (κ2) is 5.31. The maximum Gasteiger partial charge on any atom is 0.254 e. The van der Waals surface area contributed by atoms with E-state index in [2.05, 4.69) is 36.3 Å². The van der Waals surface area contributed by atoms with Gasteiger partial charge in [0.05, 0.1) is 11.8 Å². The number of carbonyl (C=O) groups excluding carboxylic acids is 1. The lowest BCUT2D eigenvalue weighted by atomic mass is 9.84. The van der Waals surface area contributed by atoms with Crippen molar-refractivity contribution in [3.8, 4) is 0 Å². The Balaban J connectivity index is 2.75. The van der Waals surface area contributed by atoms with Crippen LogP contribution in [0, 0.1) is 12.3 Å². The van der Waals surface area contributed by atoms with E-state index in [4.69, 9.17) is 5.73 Å². The van der Waals surface area contributed by atoms with E-state index in [9.17, 15) is 4.79 Å². The molecule has 1 atom stereocenters. The number of nitrogens with two attached hydrogens (primary N) is 1. The average Bonchev–Trinajstić information content (AvgIpc) is 2.62. The highest BCUT2D eigenvalue weighted by atomic mass is 16.1. The van der Waals surface area contributed by atoms with Gasteiger partial charge in [-0.3, -0.25) is 9.89 Å². The van der Waals surface area contributed by atoms with Gasteiger partial charge in [0.2, 0.25) is 0 Å². The molecule has 1 amide bonds. The van der Waals surface area contributed by atoms with E-state index in [1.165, 1.54) is 0 Å². The van der Waals surface area contributed by atoms with Gasteiger partial charge >= 0.3 is 0 Å². The molecule has 1 aromatic heterocycles. The Morgan fingerprint density at radius 2 is 2.24 bits per heavy atom. The van der Waals surface area contributed by atoms with Crippen LogP contribution in [0.4, 0.5) is 0 Å². The molecular formula is C12H22N4O. The van der Waals surface area contributed by atoms with Crippen LogP contribution in [-0.2, 0) is 0 Å². The molecule has 0 aliphatic rings. The third kappa shape index (κ3) is 3.56. The fourth-order valence-corrected chi connectivity index (χ4v) is 1.70. The van der Waals surface area contributed by atoms with E-state index in [0.717, 1.165) is 12.1 Å². The molecule has 0 aromatic carbocycles. The summed E-state index contributed by atoms with van der Waals surface area (Å²) in [5.41, 5.74) is 6.95. The summed E-state index contributed by atoms with van der Waals surface area (Å²) in [6, 6.07) is 0.0642. The lowest BCUT2D eigenvalue weighted by molar-refractivity contribution is 0.0898. The number of aryl methyl sites for hydroxylation is 1. The number of aromatic amines is 1. The monoisotopic (exact) mass is 238 g/mol. The molecule has 5 nitrogen and oxygen atoms in total. The molecule has 1 rings (SSSR count). The van der Waals surface area contributed by atoms with Gasteiger partial charge < -0.3 is 11.1 Å². The maximum absolute atomic E-state index is 12.0. The highest BCUT2D eigenvalue weighted by molar-refractivity contribution is 5.95. The highest BCUT2D eigenvalue weighted by Crippen LogP contribution is 2.22. The second-order valence-electron chi connectivity index (χ2n) is 5.38. The van der Waals surface area contributed by atoms with E-state index < -0.39 is 0 Å². The van der Waals surface area contributed by atoms with Gasteiger partial charge in [0.25, 0.3) is 5.91 Å². The zero-order valence-electron chi connectivity index (χ0n) is 11.0. The Morgan fingerprint density at radius 1 is 1.59 bits per heavy atom. The molecule has 0 radical (unpaired) electrons. The van der Waals surface area contributed by atoms with Crippen LogP contribution in [0.1, 0.15) is 43.2 Å². The van der Waals surface area contributed by atoms with Crippen LogP contribution in [0.15, 0.2) is 6.20 Å². The summed E-state index contributed by atoms with van der Waals surface area (Å²) in [7, 11) is 0. The number of hydrogen-bond acceptors (Lipinski definition) is 3. The molecule has 1 unspecified atom stereocenters. The minimum absolute atomic E-state index is 0.00727. The van der Waals surface area contributed by atoms with Crippen LogP contribution < -0.4 is 11.1 Å². The van der Waals surface area contributed by atoms with Crippen molar-refractivity contribution in [1.29, 1.82) is 0 Å². The molecule has 0 bridgehead atoms. The molecule has 1 aromatic rings. The topological polar surface area (TPSA) is 83.8 Å². The van der Waals surface area contributed by atoms with Crippen LogP contribution in [0.3, 0.4) is 0 Å². The molecule has 0 spiro atoms. The summed E-state index contributed by atoms with van der Waals surface area (Å²) >= 11 is 0. The number of carbonyl (C=O) groups is 1. The van der Waals surface area contributed by atoms with Crippen molar-refractivity contribution < 1.29 is 4.79 Å². The first-order chi connectivity index (χ1) is 7.86. The third-order valence-corrected chi connectivity index (χ3v) is 2.88. The Labute approximate surface area is 102 Å². The Kier molecular flexibility index (Phi) is 4.28. The smallest absolute Gasteiger partial charge is 0.254 e. The lowest BCUT2D eigenvalue weighted by Crippen LogP contribution is -2.44. The van der Waals surface area contributed by atoms with Crippen LogP contribution in [-0.4, -0.2) is 28.7 Å². The molecule has 96 valence electrons. The van der Waals surface area contributed by atoms with Crippen LogP contribution in [0.2, 0.25) is 0 Å². The van der Waals surface area contributed by atoms with Gasteiger partial charge in [0.1, 0.15) is 0 Å². The van der Waals surface area contributed by atoms with Crippen molar-refractivity contribution in [3.63, 3.8) is 0 Å². The summed E-state index contributed by atoms with van der Waals surface area (Å²) in [4.78, 5) is 12.0. The molecule has 0 saturated carbocycles. The van der Waals surface area contributed by atoms with E-state index in [1.54, 1.807) is 6.20 Å². The van der Waals surface area contributed by atoms with Gasteiger partial charge in [-0.2, -0.15) is 5.10 Å². The van der Waals surface area contributed by atoms with Gasteiger partial charge in [-0.05, 0) is 25.3 Å². The maximum atomic E-state index is 12.0. The van der Waals surface area contributed by atoms with Crippen molar-refractivity contribution in [2.75, 3.05) is 6.54 Å². The van der Waals surface area contributed by atoms with Crippen LogP contribution >= 0.6 is 0 Å². The summed E-state index contributed by atoms with van der Waals surface area (Å²) in [6.45, 7) is 8.67. The van der Waals surface area contributed by atoms with E-state index in [0.29, 0.717) is 12.1 Å². The summed E-state index contributed by atoms with van der Waals surface area (Å²) in [5.74, 6) is -0.0929. The molecule has 5 heteroatoms. The van der Waals surface area contributed by atoms with Gasteiger partial charge in [-0.25, -0.2) is 0 Å². The SMILES string of the molecule is Cc1[nH]ncc1C(=O)NC(CCN)C(C)(C)C. The van der Waals surface area contributed by atoms with Crippen LogP contribution in [0.5, 0.6) is 0 Å². The molecule has 4 N–H and O–H groups in total. The first-order valence-corrected chi connectivity index (χ1v) is 5.87. The number of nitrogens with zero attached hydrogens (tertiary/aromatic N) is 1.